The first-order valence-corrected chi connectivity index (χ1v) is 13.8. The number of ether oxygens (including phenoxy) is 7. The Balaban J connectivity index is 2.42. The molecule has 2 aliphatic heterocycles. The number of Topliss-reactive ketones (excluding diaryl/α,β-unsaturated/α-hetero) is 1. The van der Waals surface area contributed by atoms with Gasteiger partial charge >= 0.3 is 0 Å². The highest BCUT2D eigenvalue weighted by Crippen LogP contribution is 2.40. The van der Waals surface area contributed by atoms with Crippen molar-refractivity contribution < 1.29 is 42.4 Å². The highest BCUT2D eigenvalue weighted by atomic mass is 28.4. The van der Waals surface area contributed by atoms with Crippen LogP contribution < -0.4 is 0 Å². The van der Waals surface area contributed by atoms with Crippen LogP contribution >= 0.6 is 0 Å². The average Bonchev–Trinajstić information content (AvgIpc) is 3.04. The van der Waals surface area contributed by atoms with E-state index in [2.05, 4.69) is 33.9 Å². The fraction of sp³-hybridized carbons (Fsp3) is 0.864. The second-order valence-electron chi connectivity index (χ2n) is 10.0. The first-order chi connectivity index (χ1) is 14.8. The fourth-order valence-electron chi connectivity index (χ4n) is 3.19. The van der Waals surface area contributed by atoms with Gasteiger partial charge in [0.15, 0.2) is 32.3 Å². The van der Waals surface area contributed by atoms with Crippen LogP contribution in [0, 0.1) is 0 Å². The van der Waals surface area contributed by atoms with Crippen molar-refractivity contribution in [1.29, 1.82) is 0 Å². The second-order valence-corrected chi connectivity index (χ2v) is 14.8. The quantitative estimate of drug-likeness (QED) is 0.253. The summed E-state index contributed by atoms with van der Waals surface area (Å²) in [5, 5.41) is -0.0620. The molecule has 0 bridgehead atoms. The van der Waals surface area contributed by atoms with E-state index in [1.807, 2.05) is 13.8 Å². The summed E-state index contributed by atoms with van der Waals surface area (Å²) in [4.78, 5) is 13.5. The Labute approximate surface area is 192 Å². The SMILES string of the molecule is COCOCC1=C(COCOC)[C@H](O[Si](C)(C)C(C)(C)C)O[C@@H]([C@@H]2COC(C)(C)O2)C1=O. The highest BCUT2D eigenvalue weighted by molar-refractivity contribution is 6.74. The summed E-state index contributed by atoms with van der Waals surface area (Å²) in [5.74, 6) is -1.01. The number of methoxy groups -OCH3 is 2. The molecule has 0 saturated carbocycles. The molecule has 9 nitrogen and oxygen atoms in total. The van der Waals surface area contributed by atoms with Gasteiger partial charge in [0.1, 0.15) is 19.7 Å². The van der Waals surface area contributed by atoms with Crippen LogP contribution in [0.25, 0.3) is 0 Å². The molecular weight excluding hydrogens is 436 g/mol. The molecule has 3 atom stereocenters. The van der Waals surface area contributed by atoms with E-state index < -0.39 is 32.6 Å². The predicted octanol–water partition coefficient (Wildman–Crippen LogP) is 2.99. The van der Waals surface area contributed by atoms with E-state index in [1.54, 1.807) is 7.11 Å². The van der Waals surface area contributed by atoms with E-state index in [4.69, 9.17) is 37.6 Å². The van der Waals surface area contributed by atoms with Gasteiger partial charge in [-0.05, 0) is 32.0 Å². The molecule has 186 valence electrons. The standard InChI is InChI=1S/C22H40O9Si/c1-21(2,3)32(8,9)31-20-16(11-27-14-25-7)15(10-26-13-24-6)18(23)19(29-20)17-12-28-22(4,5)30-17/h17,19-20H,10-14H2,1-9H3/t17-,19-,20-/m0/s1. The Bertz CT molecular complexity index is 669. The number of rotatable bonds is 11. The topological polar surface area (TPSA) is 90.9 Å². The molecule has 0 aliphatic carbocycles. The Hall–Kier alpha value is -0.693. The maximum atomic E-state index is 13.5. The first kappa shape index (κ1) is 27.6. The van der Waals surface area contributed by atoms with Crippen LogP contribution in [0.5, 0.6) is 0 Å². The van der Waals surface area contributed by atoms with Crippen LogP contribution in [0.2, 0.25) is 18.1 Å². The Morgan fingerprint density at radius 3 is 2.16 bits per heavy atom. The average molecular weight is 477 g/mol. The van der Waals surface area contributed by atoms with Crippen molar-refractivity contribution in [2.24, 2.45) is 0 Å². The lowest BCUT2D eigenvalue weighted by Gasteiger charge is -2.43. The summed E-state index contributed by atoms with van der Waals surface area (Å²) in [7, 11) is 0.805. The van der Waals surface area contributed by atoms with Gasteiger partial charge in [0.2, 0.25) is 0 Å². The molecule has 0 unspecified atom stereocenters. The van der Waals surface area contributed by atoms with Crippen molar-refractivity contribution >= 4 is 14.1 Å². The number of carbonyl (C=O) groups excluding carboxylic acids is 1. The molecule has 32 heavy (non-hydrogen) atoms. The Morgan fingerprint density at radius 2 is 1.66 bits per heavy atom. The summed E-state index contributed by atoms with van der Waals surface area (Å²) in [6.07, 6.45) is -2.20. The molecule has 0 aromatic heterocycles. The number of carbonyl (C=O) groups is 1. The zero-order valence-electron chi connectivity index (χ0n) is 20.9. The largest absolute Gasteiger partial charge is 0.389 e. The summed E-state index contributed by atoms with van der Waals surface area (Å²) in [6, 6.07) is 0. The number of hydrogen-bond donors (Lipinski definition) is 0. The van der Waals surface area contributed by atoms with Crippen LogP contribution in [0.4, 0.5) is 0 Å². The highest BCUT2D eigenvalue weighted by Gasteiger charge is 2.49. The molecule has 10 heteroatoms. The minimum absolute atomic E-state index is 0.0482. The van der Waals surface area contributed by atoms with E-state index in [0.29, 0.717) is 11.1 Å². The van der Waals surface area contributed by atoms with E-state index >= 15 is 0 Å². The number of ketones is 1. The van der Waals surface area contributed by atoms with Gasteiger partial charge in [-0.25, -0.2) is 0 Å². The van der Waals surface area contributed by atoms with E-state index in [0.717, 1.165) is 0 Å². The summed E-state index contributed by atoms with van der Waals surface area (Å²) >= 11 is 0. The van der Waals surface area contributed by atoms with E-state index in [-0.39, 0.29) is 44.2 Å². The number of hydrogen-bond acceptors (Lipinski definition) is 9. The second kappa shape index (κ2) is 11.2. The minimum Gasteiger partial charge on any atom is -0.389 e. The van der Waals surface area contributed by atoms with Crippen molar-refractivity contribution in [3.05, 3.63) is 11.1 Å². The van der Waals surface area contributed by atoms with Crippen LogP contribution in [-0.4, -0.2) is 86.0 Å². The van der Waals surface area contributed by atoms with Gasteiger partial charge in [0, 0.05) is 25.4 Å². The molecule has 2 aliphatic rings. The van der Waals surface area contributed by atoms with Crippen molar-refractivity contribution in [3.63, 3.8) is 0 Å². The van der Waals surface area contributed by atoms with E-state index in [9.17, 15) is 4.79 Å². The first-order valence-electron chi connectivity index (χ1n) is 10.9. The van der Waals surface area contributed by atoms with Crippen LogP contribution in [0.3, 0.4) is 0 Å². The third-order valence-electron chi connectivity index (χ3n) is 5.98. The molecule has 0 amide bonds. The molecule has 2 rings (SSSR count). The Kier molecular flexibility index (Phi) is 9.60. The van der Waals surface area contributed by atoms with Crippen LogP contribution in [0.15, 0.2) is 11.1 Å². The molecule has 0 spiro atoms. The lowest BCUT2D eigenvalue weighted by molar-refractivity contribution is -0.189. The molecule has 1 saturated heterocycles. The maximum Gasteiger partial charge on any atom is 0.195 e. The smallest absolute Gasteiger partial charge is 0.195 e. The van der Waals surface area contributed by atoms with Crippen molar-refractivity contribution in [2.45, 2.75) is 77.0 Å². The lowest BCUT2D eigenvalue weighted by Crippen LogP contribution is -2.53. The molecule has 0 aromatic rings. The van der Waals surface area contributed by atoms with Gasteiger partial charge in [-0.15, -0.1) is 0 Å². The van der Waals surface area contributed by atoms with Gasteiger partial charge in [-0.3, -0.25) is 4.79 Å². The monoisotopic (exact) mass is 476 g/mol. The van der Waals surface area contributed by atoms with Crippen molar-refractivity contribution in [2.75, 3.05) is 47.6 Å². The van der Waals surface area contributed by atoms with Gasteiger partial charge in [0.05, 0.1) is 19.8 Å². The Morgan fingerprint density at radius 1 is 1.06 bits per heavy atom. The van der Waals surface area contributed by atoms with Gasteiger partial charge < -0.3 is 37.6 Å². The van der Waals surface area contributed by atoms with Crippen molar-refractivity contribution in [3.8, 4) is 0 Å². The van der Waals surface area contributed by atoms with Crippen LogP contribution in [0.1, 0.15) is 34.6 Å². The van der Waals surface area contributed by atoms with E-state index in [1.165, 1.54) is 7.11 Å². The predicted molar refractivity (Wildman–Crippen MR) is 120 cm³/mol. The molecule has 2 heterocycles. The molecule has 0 radical (unpaired) electrons. The van der Waals surface area contributed by atoms with Crippen molar-refractivity contribution in [1.82, 2.24) is 0 Å². The fourth-order valence-corrected chi connectivity index (χ4v) is 4.28. The summed E-state index contributed by atoms with van der Waals surface area (Å²) in [6.45, 7) is 14.9. The molecule has 1 fully saturated rings. The maximum absolute atomic E-state index is 13.5. The summed E-state index contributed by atoms with van der Waals surface area (Å²) < 4.78 is 45.7. The molecule has 0 aromatic carbocycles. The van der Waals surface area contributed by atoms with Gasteiger partial charge in [0.25, 0.3) is 0 Å². The molecular formula is C22H40O9Si. The third kappa shape index (κ3) is 6.91. The third-order valence-corrected chi connectivity index (χ3v) is 10.4. The minimum atomic E-state index is -2.26. The molecule has 0 N–H and O–H groups in total. The lowest BCUT2D eigenvalue weighted by atomic mass is 9.95. The summed E-state index contributed by atoms with van der Waals surface area (Å²) in [5.41, 5.74) is 1.05. The van der Waals surface area contributed by atoms with Gasteiger partial charge in [-0.1, -0.05) is 20.8 Å². The zero-order valence-corrected chi connectivity index (χ0v) is 21.9. The van der Waals surface area contributed by atoms with Crippen LogP contribution in [-0.2, 0) is 42.4 Å². The normalized spacial score (nSPS) is 26.8. The van der Waals surface area contributed by atoms with Gasteiger partial charge in [-0.2, -0.15) is 0 Å². The zero-order chi connectivity index (χ0) is 24.2.